The summed E-state index contributed by atoms with van der Waals surface area (Å²) in [6.45, 7) is 6.55. The van der Waals surface area contributed by atoms with Crippen molar-refractivity contribution < 1.29 is 0 Å². The highest BCUT2D eigenvalue weighted by Crippen LogP contribution is 2.11. The van der Waals surface area contributed by atoms with Crippen LogP contribution in [0.1, 0.15) is 30.9 Å². The van der Waals surface area contributed by atoms with Gasteiger partial charge < -0.3 is 0 Å². The van der Waals surface area contributed by atoms with Gasteiger partial charge in [0.2, 0.25) is 0 Å². The van der Waals surface area contributed by atoms with Crippen LogP contribution >= 0.6 is 0 Å². The topological polar surface area (TPSA) is 0 Å². The Morgan fingerprint density at radius 1 is 0.765 bits per heavy atom. The van der Waals surface area contributed by atoms with Gasteiger partial charge in [-0.15, -0.1) is 0 Å². The molecule has 0 unspecified atom stereocenters. The van der Waals surface area contributed by atoms with E-state index in [1.54, 1.807) is 0 Å². The number of rotatable bonds is 3. The van der Waals surface area contributed by atoms with Crippen LogP contribution in [0.2, 0.25) is 0 Å². The highest BCUT2D eigenvalue weighted by molar-refractivity contribution is 6.67. The van der Waals surface area contributed by atoms with Gasteiger partial charge in [-0.2, -0.15) is 0 Å². The summed E-state index contributed by atoms with van der Waals surface area (Å²) in [5.74, 6) is 0.600. The van der Waals surface area contributed by atoms with Crippen molar-refractivity contribution >= 4 is 18.2 Å². The van der Waals surface area contributed by atoms with Crippen molar-refractivity contribution in [3.05, 3.63) is 59.7 Å². The Balaban J connectivity index is 2.11. The van der Waals surface area contributed by atoms with Crippen LogP contribution in [-0.2, 0) is 0 Å². The van der Waals surface area contributed by atoms with Gasteiger partial charge in [0.25, 0.3) is 0 Å². The number of hydrogen-bond acceptors (Lipinski definition) is 0. The lowest BCUT2D eigenvalue weighted by Gasteiger charge is -2.06. The molecule has 0 aliphatic heterocycles. The Kier molecular flexibility index (Phi) is 3.68. The molecule has 0 atom stereocenters. The van der Waals surface area contributed by atoms with E-state index in [-0.39, 0.29) is 0 Å². The summed E-state index contributed by atoms with van der Waals surface area (Å²) in [6, 6.07) is 17.4. The maximum Gasteiger partial charge on any atom is 0.191 e. The largest absolute Gasteiger partial charge is 0.191 e. The van der Waals surface area contributed by atoms with Gasteiger partial charge in [0.15, 0.2) is 7.28 Å². The Labute approximate surface area is 105 Å². The first kappa shape index (κ1) is 12.0. The molecule has 85 valence electrons. The molecule has 0 nitrogen and oxygen atoms in total. The minimum Gasteiger partial charge on any atom is -0.0814 e. The molecule has 17 heavy (non-hydrogen) atoms. The van der Waals surface area contributed by atoms with E-state index >= 15 is 0 Å². The zero-order chi connectivity index (χ0) is 12.3. The quantitative estimate of drug-likeness (QED) is 0.699. The van der Waals surface area contributed by atoms with Gasteiger partial charge >= 0.3 is 0 Å². The minimum absolute atomic E-state index is 0.600. The molecule has 0 fully saturated rings. The molecular weight excluding hydrogens is 203 g/mol. The van der Waals surface area contributed by atoms with E-state index in [4.69, 9.17) is 0 Å². The zero-order valence-electron chi connectivity index (χ0n) is 10.8. The van der Waals surface area contributed by atoms with Gasteiger partial charge in [-0.25, -0.2) is 0 Å². The summed E-state index contributed by atoms with van der Waals surface area (Å²) in [7, 11) is 2.21. The molecule has 0 aliphatic rings. The van der Waals surface area contributed by atoms with E-state index in [9.17, 15) is 0 Å². The van der Waals surface area contributed by atoms with Crippen LogP contribution in [0.4, 0.5) is 0 Å². The summed E-state index contributed by atoms with van der Waals surface area (Å²) in [6.07, 6.45) is 0. The summed E-state index contributed by atoms with van der Waals surface area (Å²) in [5.41, 5.74) is 5.22. The van der Waals surface area contributed by atoms with Gasteiger partial charge in [-0.3, -0.25) is 0 Å². The first-order valence-electron chi connectivity index (χ1n) is 6.16. The first-order valence-corrected chi connectivity index (χ1v) is 6.16. The maximum atomic E-state index is 2.22. The molecule has 0 aromatic heterocycles. The summed E-state index contributed by atoms with van der Waals surface area (Å²) in [4.78, 5) is 0. The van der Waals surface area contributed by atoms with Crippen molar-refractivity contribution in [1.82, 2.24) is 0 Å². The van der Waals surface area contributed by atoms with Crippen molar-refractivity contribution in [1.29, 1.82) is 0 Å². The predicted molar refractivity (Wildman–Crippen MR) is 76.7 cm³/mol. The summed E-state index contributed by atoms with van der Waals surface area (Å²) in [5, 5.41) is 0. The zero-order valence-corrected chi connectivity index (χ0v) is 10.8. The Bertz CT molecular complexity index is 466. The average molecular weight is 221 g/mol. The molecule has 0 heterocycles. The van der Waals surface area contributed by atoms with Gasteiger partial charge in [0.05, 0.1) is 0 Å². The number of benzene rings is 2. The van der Waals surface area contributed by atoms with Gasteiger partial charge in [-0.1, -0.05) is 78.9 Å². The number of aryl methyl sites for hydroxylation is 1. The first-order chi connectivity index (χ1) is 8.15. The minimum atomic E-state index is 0.600. The lowest BCUT2D eigenvalue weighted by atomic mass is 9.64. The molecule has 2 aromatic rings. The lowest BCUT2D eigenvalue weighted by Crippen LogP contribution is -2.26. The van der Waals surface area contributed by atoms with E-state index in [2.05, 4.69) is 76.6 Å². The standard InChI is InChI=1S/C16H18B/c1-12(2)14-6-10-16(11-7-14)17-15-8-4-13(3)5-9-15/h4-12H,1-3H3. The van der Waals surface area contributed by atoms with Gasteiger partial charge in [0, 0.05) is 0 Å². The highest BCUT2D eigenvalue weighted by Gasteiger charge is 2.01. The molecule has 0 saturated heterocycles. The summed E-state index contributed by atoms with van der Waals surface area (Å²) >= 11 is 0. The van der Waals surface area contributed by atoms with Crippen LogP contribution in [0.25, 0.3) is 0 Å². The molecule has 1 heteroatoms. The Morgan fingerprint density at radius 3 is 1.71 bits per heavy atom. The molecule has 0 spiro atoms. The molecule has 0 saturated carbocycles. The normalized spacial score (nSPS) is 10.6. The van der Waals surface area contributed by atoms with Gasteiger partial charge in [-0.05, 0) is 18.4 Å². The second-order valence-corrected chi connectivity index (χ2v) is 4.88. The van der Waals surface area contributed by atoms with Crippen molar-refractivity contribution in [3.63, 3.8) is 0 Å². The highest BCUT2D eigenvalue weighted by atomic mass is 14.0. The third-order valence-corrected chi connectivity index (χ3v) is 3.01. The van der Waals surface area contributed by atoms with Crippen LogP contribution in [0.3, 0.4) is 0 Å². The summed E-state index contributed by atoms with van der Waals surface area (Å²) < 4.78 is 0. The molecule has 0 bridgehead atoms. The van der Waals surface area contributed by atoms with Crippen molar-refractivity contribution in [2.24, 2.45) is 0 Å². The van der Waals surface area contributed by atoms with E-state index in [1.807, 2.05) is 0 Å². The van der Waals surface area contributed by atoms with Crippen LogP contribution in [0.5, 0.6) is 0 Å². The molecule has 0 N–H and O–H groups in total. The van der Waals surface area contributed by atoms with Crippen LogP contribution in [-0.4, -0.2) is 7.28 Å². The average Bonchev–Trinajstić information content (AvgIpc) is 2.33. The van der Waals surface area contributed by atoms with Gasteiger partial charge in [0.1, 0.15) is 0 Å². The van der Waals surface area contributed by atoms with Crippen LogP contribution in [0, 0.1) is 6.92 Å². The van der Waals surface area contributed by atoms with E-state index in [1.165, 1.54) is 22.1 Å². The fourth-order valence-electron chi connectivity index (χ4n) is 1.83. The molecule has 0 amide bonds. The number of hydrogen-bond donors (Lipinski definition) is 0. The Morgan fingerprint density at radius 2 is 1.24 bits per heavy atom. The van der Waals surface area contributed by atoms with Crippen LogP contribution < -0.4 is 10.9 Å². The Hall–Kier alpha value is -1.50. The molecule has 0 aliphatic carbocycles. The monoisotopic (exact) mass is 221 g/mol. The predicted octanol–water partition coefficient (Wildman–Crippen LogP) is 2.77. The fourth-order valence-corrected chi connectivity index (χ4v) is 1.83. The molecule has 2 rings (SSSR count). The fraction of sp³-hybridized carbons (Fsp3) is 0.250. The second-order valence-electron chi connectivity index (χ2n) is 4.88. The van der Waals surface area contributed by atoms with E-state index in [0.717, 1.165) is 0 Å². The SMILES string of the molecule is Cc1ccc([B]c2ccc(C(C)C)cc2)cc1. The van der Waals surface area contributed by atoms with Crippen molar-refractivity contribution in [2.75, 3.05) is 0 Å². The van der Waals surface area contributed by atoms with Crippen molar-refractivity contribution in [3.8, 4) is 0 Å². The third kappa shape index (κ3) is 3.23. The smallest absolute Gasteiger partial charge is 0.0814 e. The molecular formula is C16H18B. The molecule has 1 radical (unpaired) electrons. The molecule has 2 aromatic carbocycles. The maximum absolute atomic E-state index is 2.22. The second kappa shape index (κ2) is 5.22. The van der Waals surface area contributed by atoms with E-state index in [0.29, 0.717) is 5.92 Å². The lowest BCUT2D eigenvalue weighted by molar-refractivity contribution is 0.867. The van der Waals surface area contributed by atoms with E-state index < -0.39 is 0 Å². The third-order valence-electron chi connectivity index (χ3n) is 3.01. The van der Waals surface area contributed by atoms with Crippen LogP contribution in [0.15, 0.2) is 48.5 Å². The van der Waals surface area contributed by atoms with Crippen molar-refractivity contribution in [2.45, 2.75) is 26.7 Å².